The third-order valence-corrected chi connectivity index (χ3v) is 3.34. The van der Waals surface area contributed by atoms with Gasteiger partial charge in [0.25, 0.3) is 0 Å². The highest BCUT2D eigenvalue weighted by Crippen LogP contribution is 2.31. The molecule has 0 saturated heterocycles. The van der Waals surface area contributed by atoms with Gasteiger partial charge in [-0.2, -0.15) is 11.8 Å². The summed E-state index contributed by atoms with van der Waals surface area (Å²) in [6, 6.07) is 6.10. The van der Waals surface area contributed by atoms with Crippen molar-refractivity contribution in [1.82, 2.24) is 5.32 Å². The van der Waals surface area contributed by atoms with E-state index in [-0.39, 0.29) is 0 Å². The van der Waals surface area contributed by atoms with Crippen molar-refractivity contribution >= 4 is 11.8 Å². The summed E-state index contributed by atoms with van der Waals surface area (Å²) in [7, 11) is 0. The average Bonchev–Trinajstić information content (AvgIpc) is 2.41. The monoisotopic (exact) mass is 297 g/mol. The summed E-state index contributed by atoms with van der Waals surface area (Å²) in [6.07, 6.45) is 2.09. The van der Waals surface area contributed by atoms with E-state index >= 15 is 0 Å². The van der Waals surface area contributed by atoms with Crippen LogP contribution < -0.4 is 14.8 Å². The van der Waals surface area contributed by atoms with Crippen molar-refractivity contribution in [3.63, 3.8) is 0 Å². The van der Waals surface area contributed by atoms with E-state index in [2.05, 4.69) is 31.5 Å². The van der Waals surface area contributed by atoms with Crippen molar-refractivity contribution in [3.8, 4) is 11.5 Å². The van der Waals surface area contributed by atoms with Gasteiger partial charge in [-0.05, 0) is 31.7 Å². The lowest BCUT2D eigenvalue weighted by molar-refractivity contribution is 0.286. The predicted molar refractivity (Wildman–Crippen MR) is 88.0 cm³/mol. The van der Waals surface area contributed by atoms with Gasteiger partial charge in [-0.3, -0.25) is 0 Å². The number of hydrogen-bond acceptors (Lipinski definition) is 4. The first-order chi connectivity index (χ1) is 9.69. The van der Waals surface area contributed by atoms with E-state index in [1.807, 2.05) is 19.1 Å². The Hall–Kier alpha value is -0.870. The van der Waals surface area contributed by atoms with E-state index in [4.69, 9.17) is 9.47 Å². The Morgan fingerprint density at radius 1 is 1.25 bits per heavy atom. The highest BCUT2D eigenvalue weighted by molar-refractivity contribution is 7.98. The van der Waals surface area contributed by atoms with Gasteiger partial charge in [0.05, 0.1) is 13.2 Å². The summed E-state index contributed by atoms with van der Waals surface area (Å²) in [5.41, 5.74) is 1.16. The number of ether oxygens (including phenoxy) is 2. The molecule has 0 saturated carbocycles. The quantitative estimate of drug-likeness (QED) is 0.669. The SMILES string of the molecule is CCOc1cccc(CNCC(C)C)c1OCCSC. The lowest BCUT2D eigenvalue weighted by Gasteiger charge is -2.16. The lowest BCUT2D eigenvalue weighted by atomic mass is 10.1. The van der Waals surface area contributed by atoms with Crippen LogP contribution in [0.25, 0.3) is 0 Å². The summed E-state index contributed by atoms with van der Waals surface area (Å²) in [6.45, 7) is 9.59. The van der Waals surface area contributed by atoms with Crippen molar-refractivity contribution in [3.05, 3.63) is 23.8 Å². The Balaban J connectivity index is 2.75. The maximum Gasteiger partial charge on any atom is 0.165 e. The molecule has 0 radical (unpaired) electrons. The Morgan fingerprint density at radius 2 is 2.05 bits per heavy atom. The Kier molecular flexibility index (Phi) is 8.54. The molecule has 0 bridgehead atoms. The van der Waals surface area contributed by atoms with Gasteiger partial charge in [0.15, 0.2) is 11.5 Å². The summed E-state index contributed by atoms with van der Waals surface area (Å²) >= 11 is 1.79. The van der Waals surface area contributed by atoms with Crippen LogP contribution in [-0.2, 0) is 6.54 Å². The van der Waals surface area contributed by atoms with Gasteiger partial charge in [-0.25, -0.2) is 0 Å². The third-order valence-electron chi connectivity index (χ3n) is 2.76. The van der Waals surface area contributed by atoms with Crippen LogP contribution in [0.3, 0.4) is 0 Å². The second-order valence-corrected chi connectivity index (χ2v) is 6.03. The first kappa shape index (κ1) is 17.2. The molecular formula is C16H27NO2S. The molecule has 0 aliphatic rings. The zero-order valence-electron chi connectivity index (χ0n) is 13.1. The maximum atomic E-state index is 5.93. The molecule has 0 aliphatic heterocycles. The molecule has 4 heteroatoms. The Bertz CT molecular complexity index is 383. The predicted octanol–water partition coefficient (Wildman–Crippen LogP) is 3.57. The summed E-state index contributed by atoms with van der Waals surface area (Å²) in [5, 5.41) is 3.46. The zero-order chi connectivity index (χ0) is 14.8. The molecule has 0 aliphatic carbocycles. The standard InChI is InChI=1S/C16H27NO2S/c1-5-18-15-8-6-7-14(12-17-11-13(2)3)16(15)19-9-10-20-4/h6-8,13,17H,5,9-12H2,1-4H3. The topological polar surface area (TPSA) is 30.5 Å². The van der Waals surface area contributed by atoms with Gasteiger partial charge >= 0.3 is 0 Å². The van der Waals surface area contributed by atoms with E-state index < -0.39 is 0 Å². The molecule has 1 rings (SSSR count). The van der Waals surface area contributed by atoms with Crippen molar-refractivity contribution < 1.29 is 9.47 Å². The summed E-state index contributed by atoms with van der Waals surface area (Å²) < 4.78 is 11.6. The van der Waals surface area contributed by atoms with Crippen LogP contribution in [0.4, 0.5) is 0 Å². The van der Waals surface area contributed by atoms with Crippen molar-refractivity contribution in [2.45, 2.75) is 27.3 Å². The second kappa shape index (κ2) is 9.94. The van der Waals surface area contributed by atoms with Crippen LogP contribution in [-0.4, -0.2) is 31.8 Å². The van der Waals surface area contributed by atoms with Crippen LogP contribution >= 0.6 is 11.8 Å². The smallest absolute Gasteiger partial charge is 0.165 e. The van der Waals surface area contributed by atoms with Gasteiger partial charge in [-0.1, -0.05) is 26.0 Å². The molecule has 20 heavy (non-hydrogen) atoms. The molecule has 0 heterocycles. The first-order valence-corrected chi connectivity index (χ1v) is 8.65. The third kappa shape index (κ3) is 6.06. The van der Waals surface area contributed by atoms with Gasteiger partial charge < -0.3 is 14.8 Å². The van der Waals surface area contributed by atoms with E-state index in [1.54, 1.807) is 11.8 Å². The van der Waals surface area contributed by atoms with Crippen LogP contribution in [0.5, 0.6) is 11.5 Å². The molecule has 0 spiro atoms. The average molecular weight is 297 g/mol. The minimum absolute atomic E-state index is 0.644. The fourth-order valence-electron chi connectivity index (χ4n) is 1.86. The van der Waals surface area contributed by atoms with Gasteiger partial charge in [-0.15, -0.1) is 0 Å². The molecule has 1 N–H and O–H groups in total. The van der Waals surface area contributed by atoms with E-state index in [0.29, 0.717) is 19.1 Å². The first-order valence-electron chi connectivity index (χ1n) is 7.26. The molecule has 114 valence electrons. The van der Waals surface area contributed by atoms with Crippen LogP contribution in [0.2, 0.25) is 0 Å². The minimum Gasteiger partial charge on any atom is -0.490 e. The number of para-hydroxylation sites is 1. The molecule has 0 fully saturated rings. The molecule has 1 aromatic carbocycles. The largest absolute Gasteiger partial charge is 0.490 e. The Morgan fingerprint density at radius 3 is 2.70 bits per heavy atom. The lowest BCUT2D eigenvalue weighted by Crippen LogP contribution is -2.19. The Labute approximate surface area is 127 Å². The highest BCUT2D eigenvalue weighted by atomic mass is 32.2. The number of hydrogen-bond donors (Lipinski definition) is 1. The maximum absolute atomic E-state index is 5.93. The summed E-state index contributed by atoms with van der Waals surface area (Å²) in [5.74, 6) is 3.36. The van der Waals surface area contributed by atoms with Crippen LogP contribution in [0.1, 0.15) is 26.3 Å². The molecule has 1 aromatic rings. The molecule has 3 nitrogen and oxygen atoms in total. The molecule has 0 amide bonds. The number of thioether (sulfide) groups is 1. The summed E-state index contributed by atoms with van der Waals surface area (Å²) in [4.78, 5) is 0. The van der Waals surface area contributed by atoms with Crippen molar-refractivity contribution in [2.24, 2.45) is 5.92 Å². The zero-order valence-corrected chi connectivity index (χ0v) is 13.9. The fourth-order valence-corrected chi connectivity index (χ4v) is 2.11. The molecule has 0 atom stereocenters. The second-order valence-electron chi connectivity index (χ2n) is 5.04. The van der Waals surface area contributed by atoms with Gasteiger partial charge in [0, 0.05) is 17.9 Å². The number of nitrogens with one attached hydrogen (secondary N) is 1. The van der Waals surface area contributed by atoms with E-state index in [1.165, 1.54) is 0 Å². The molecule has 0 aromatic heterocycles. The highest BCUT2D eigenvalue weighted by Gasteiger charge is 2.11. The number of benzene rings is 1. The van der Waals surface area contributed by atoms with Gasteiger partial charge in [0.2, 0.25) is 0 Å². The molecular weight excluding hydrogens is 270 g/mol. The van der Waals surface area contributed by atoms with Crippen LogP contribution in [0, 0.1) is 5.92 Å². The van der Waals surface area contributed by atoms with E-state index in [9.17, 15) is 0 Å². The minimum atomic E-state index is 0.644. The number of rotatable bonds is 10. The van der Waals surface area contributed by atoms with Crippen molar-refractivity contribution in [1.29, 1.82) is 0 Å². The van der Waals surface area contributed by atoms with E-state index in [0.717, 1.165) is 35.9 Å². The molecule has 0 unspecified atom stereocenters. The van der Waals surface area contributed by atoms with Crippen molar-refractivity contribution in [2.75, 3.05) is 31.8 Å². The van der Waals surface area contributed by atoms with Gasteiger partial charge in [0.1, 0.15) is 0 Å². The fraction of sp³-hybridized carbons (Fsp3) is 0.625. The normalized spacial score (nSPS) is 10.8. The van der Waals surface area contributed by atoms with Crippen LogP contribution in [0.15, 0.2) is 18.2 Å².